The molecule has 0 aliphatic carbocycles. The Balaban J connectivity index is 1.61. The monoisotopic (exact) mass is 399 g/mol. The number of benzene rings is 1. The molecule has 4 rings (SSSR count). The Labute approximate surface area is 167 Å². The number of esters is 1. The molecule has 1 atom stereocenters. The molecule has 1 aromatic carbocycles. The Morgan fingerprint density at radius 1 is 1.31 bits per heavy atom. The third-order valence-electron chi connectivity index (χ3n) is 4.78. The fourth-order valence-electron chi connectivity index (χ4n) is 3.43. The summed E-state index contributed by atoms with van der Waals surface area (Å²) < 4.78 is 27.0. The van der Waals surface area contributed by atoms with E-state index >= 15 is 0 Å². The van der Waals surface area contributed by atoms with Gasteiger partial charge in [-0.05, 0) is 25.3 Å². The molecule has 1 N–H and O–H groups in total. The van der Waals surface area contributed by atoms with Gasteiger partial charge in [0, 0.05) is 25.6 Å². The number of fused-ring (bicyclic) bond motifs is 1. The summed E-state index contributed by atoms with van der Waals surface area (Å²) in [4.78, 5) is 23.5. The van der Waals surface area contributed by atoms with E-state index in [9.17, 15) is 9.18 Å². The van der Waals surface area contributed by atoms with Gasteiger partial charge < -0.3 is 14.8 Å². The maximum Gasteiger partial charge on any atom is 0.312 e. The number of nitrogens with zero attached hydrogens (tertiary/aromatic N) is 4. The summed E-state index contributed by atoms with van der Waals surface area (Å²) >= 11 is 0. The number of aromatic nitrogens is 4. The molecule has 2 aromatic heterocycles. The van der Waals surface area contributed by atoms with Gasteiger partial charge in [0.2, 0.25) is 0 Å². The van der Waals surface area contributed by atoms with Crippen LogP contribution in [0.4, 0.5) is 10.2 Å². The highest BCUT2D eigenvalue weighted by molar-refractivity contribution is 5.82. The van der Waals surface area contributed by atoms with E-state index in [1.54, 1.807) is 23.0 Å². The molecule has 1 aliphatic heterocycles. The lowest BCUT2D eigenvalue weighted by Gasteiger charge is -2.17. The number of imidazole rings is 1. The predicted octanol–water partition coefficient (Wildman–Crippen LogP) is 3.59. The van der Waals surface area contributed by atoms with Crippen LogP contribution in [0.3, 0.4) is 0 Å². The predicted molar refractivity (Wildman–Crippen MR) is 104 cm³/mol. The molecule has 1 saturated heterocycles. The van der Waals surface area contributed by atoms with E-state index in [0.717, 1.165) is 31.2 Å². The summed E-state index contributed by atoms with van der Waals surface area (Å²) in [7, 11) is 0. The van der Waals surface area contributed by atoms with E-state index in [1.807, 2.05) is 12.1 Å². The highest BCUT2D eigenvalue weighted by Gasteiger charge is 2.21. The molecule has 1 aliphatic rings. The molecular weight excluding hydrogens is 377 g/mol. The SMILES string of the molecule is CC(=O)Oc1ccccc1CNc1nc(F)nc2c1ncn2C1CCCCCO1. The number of hydrogen-bond donors (Lipinski definition) is 1. The van der Waals surface area contributed by atoms with E-state index in [1.165, 1.54) is 6.92 Å². The molecule has 0 amide bonds. The molecule has 8 nitrogen and oxygen atoms in total. The van der Waals surface area contributed by atoms with E-state index < -0.39 is 12.0 Å². The third-order valence-corrected chi connectivity index (χ3v) is 4.78. The maximum absolute atomic E-state index is 14.2. The lowest BCUT2D eigenvalue weighted by Crippen LogP contribution is -2.13. The number of anilines is 1. The van der Waals surface area contributed by atoms with Crippen LogP contribution in [0.15, 0.2) is 30.6 Å². The Morgan fingerprint density at radius 3 is 3.03 bits per heavy atom. The van der Waals surface area contributed by atoms with Crippen molar-refractivity contribution in [3.05, 3.63) is 42.2 Å². The van der Waals surface area contributed by atoms with E-state index in [-0.39, 0.29) is 18.6 Å². The smallest absolute Gasteiger partial charge is 0.312 e. The van der Waals surface area contributed by atoms with Gasteiger partial charge in [0.15, 0.2) is 17.0 Å². The van der Waals surface area contributed by atoms with Crippen molar-refractivity contribution in [3.8, 4) is 5.75 Å². The minimum Gasteiger partial charge on any atom is -0.426 e. The molecule has 0 bridgehead atoms. The van der Waals surface area contributed by atoms with Gasteiger partial charge in [0.05, 0.1) is 6.33 Å². The number of para-hydroxylation sites is 1. The lowest BCUT2D eigenvalue weighted by molar-refractivity contribution is -0.131. The Hall–Kier alpha value is -3.07. The lowest BCUT2D eigenvalue weighted by atomic mass is 10.2. The van der Waals surface area contributed by atoms with Crippen molar-refractivity contribution in [1.82, 2.24) is 19.5 Å². The molecule has 29 heavy (non-hydrogen) atoms. The number of nitrogens with one attached hydrogen (secondary N) is 1. The van der Waals surface area contributed by atoms with Crippen molar-refractivity contribution in [3.63, 3.8) is 0 Å². The fraction of sp³-hybridized carbons (Fsp3) is 0.400. The van der Waals surface area contributed by atoms with E-state index in [4.69, 9.17) is 9.47 Å². The van der Waals surface area contributed by atoms with Crippen LogP contribution in [0.5, 0.6) is 5.75 Å². The number of ether oxygens (including phenoxy) is 2. The van der Waals surface area contributed by atoms with Crippen LogP contribution in [-0.4, -0.2) is 32.1 Å². The summed E-state index contributed by atoms with van der Waals surface area (Å²) in [6.45, 7) is 2.29. The normalized spacial score (nSPS) is 17.1. The largest absolute Gasteiger partial charge is 0.426 e. The second kappa shape index (κ2) is 8.52. The van der Waals surface area contributed by atoms with Crippen molar-refractivity contribution in [2.45, 2.75) is 45.4 Å². The first kappa shape index (κ1) is 19.3. The second-order valence-electron chi connectivity index (χ2n) is 6.89. The van der Waals surface area contributed by atoms with Gasteiger partial charge in [-0.2, -0.15) is 14.4 Å². The quantitative estimate of drug-likeness (QED) is 0.398. The molecular formula is C20H22FN5O3. The average molecular weight is 399 g/mol. The summed E-state index contributed by atoms with van der Waals surface area (Å²) in [5.41, 5.74) is 1.59. The molecule has 3 heterocycles. The maximum atomic E-state index is 14.2. The minimum atomic E-state index is -0.844. The Morgan fingerprint density at radius 2 is 2.17 bits per heavy atom. The molecule has 1 unspecified atom stereocenters. The standard InChI is InChI=1S/C20H22FN5O3/c1-13(27)29-15-8-5-4-7-14(15)11-22-18-17-19(25-20(21)24-18)26(12-23-17)16-9-3-2-6-10-28-16/h4-5,7-8,12,16H,2-3,6,9-11H2,1H3,(H,22,24,25). The number of rotatable bonds is 5. The minimum absolute atomic E-state index is 0.214. The molecule has 0 radical (unpaired) electrons. The van der Waals surface area contributed by atoms with Crippen LogP contribution in [-0.2, 0) is 16.1 Å². The van der Waals surface area contributed by atoms with Gasteiger partial charge in [-0.25, -0.2) is 4.98 Å². The topological polar surface area (TPSA) is 91.2 Å². The van der Waals surface area contributed by atoms with Crippen LogP contribution in [0.1, 0.15) is 44.4 Å². The van der Waals surface area contributed by atoms with Gasteiger partial charge in [-0.1, -0.05) is 24.6 Å². The Kier molecular flexibility index (Phi) is 5.66. The molecule has 0 spiro atoms. The van der Waals surface area contributed by atoms with Crippen molar-refractivity contribution < 1.29 is 18.7 Å². The first-order valence-corrected chi connectivity index (χ1v) is 9.63. The average Bonchev–Trinajstić information content (AvgIpc) is 2.93. The van der Waals surface area contributed by atoms with Crippen molar-refractivity contribution in [2.24, 2.45) is 0 Å². The van der Waals surface area contributed by atoms with Crippen LogP contribution < -0.4 is 10.1 Å². The van der Waals surface area contributed by atoms with E-state index in [2.05, 4.69) is 20.3 Å². The van der Waals surface area contributed by atoms with Gasteiger partial charge in [0.1, 0.15) is 12.0 Å². The van der Waals surface area contributed by atoms with Crippen LogP contribution in [0, 0.1) is 6.08 Å². The van der Waals surface area contributed by atoms with Crippen molar-refractivity contribution in [2.75, 3.05) is 11.9 Å². The second-order valence-corrected chi connectivity index (χ2v) is 6.89. The van der Waals surface area contributed by atoms with Gasteiger partial charge in [0.25, 0.3) is 0 Å². The highest BCUT2D eigenvalue weighted by Crippen LogP contribution is 2.28. The highest BCUT2D eigenvalue weighted by atomic mass is 19.1. The number of halogens is 1. The number of carbonyl (C=O) groups excluding carboxylic acids is 1. The summed E-state index contributed by atoms with van der Waals surface area (Å²) in [6.07, 6.45) is 4.55. The zero-order valence-electron chi connectivity index (χ0n) is 16.1. The number of hydrogen-bond acceptors (Lipinski definition) is 7. The van der Waals surface area contributed by atoms with Gasteiger partial charge >= 0.3 is 12.0 Å². The first-order chi connectivity index (χ1) is 14.1. The Bertz CT molecular complexity index is 1010. The number of carbonyl (C=O) groups is 1. The molecule has 152 valence electrons. The zero-order valence-corrected chi connectivity index (χ0v) is 16.1. The van der Waals surface area contributed by atoms with Gasteiger partial charge in [-0.3, -0.25) is 9.36 Å². The van der Waals surface area contributed by atoms with Crippen LogP contribution in [0.25, 0.3) is 11.2 Å². The van der Waals surface area contributed by atoms with E-state index in [0.29, 0.717) is 23.5 Å². The molecule has 1 fully saturated rings. The first-order valence-electron chi connectivity index (χ1n) is 9.63. The summed E-state index contributed by atoms with van der Waals surface area (Å²) in [6, 6.07) is 7.13. The van der Waals surface area contributed by atoms with Crippen LogP contribution >= 0.6 is 0 Å². The van der Waals surface area contributed by atoms with Crippen LogP contribution in [0.2, 0.25) is 0 Å². The van der Waals surface area contributed by atoms with Crippen molar-refractivity contribution in [1.29, 1.82) is 0 Å². The summed E-state index contributed by atoms with van der Waals surface area (Å²) in [5.74, 6) is 0.309. The molecule has 3 aromatic rings. The van der Waals surface area contributed by atoms with Crippen molar-refractivity contribution >= 4 is 23.0 Å². The zero-order chi connectivity index (χ0) is 20.2. The summed E-state index contributed by atoms with van der Waals surface area (Å²) in [5, 5.41) is 3.09. The molecule has 9 heteroatoms. The fourth-order valence-corrected chi connectivity index (χ4v) is 3.43. The molecule has 0 saturated carbocycles. The third kappa shape index (κ3) is 4.34. The van der Waals surface area contributed by atoms with Gasteiger partial charge in [-0.15, -0.1) is 0 Å².